The highest BCUT2D eigenvalue weighted by Crippen LogP contribution is 2.31. The summed E-state index contributed by atoms with van der Waals surface area (Å²) in [4.78, 5) is 2.02. The van der Waals surface area contributed by atoms with E-state index in [0.717, 1.165) is 28.7 Å². The van der Waals surface area contributed by atoms with Crippen LogP contribution in [0, 0.1) is 5.82 Å². The molecule has 0 saturated heterocycles. The molecular weight excluding hydrogens is 346 g/mol. The Morgan fingerprint density at radius 1 is 1.12 bits per heavy atom. The normalized spacial score (nSPS) is 12.5. The van der Waals surface area contributed by atoms with E-state index in [0.29, 0.717) is 18.7 Å². The predicted octanol–water partition coefficient (Wildman–Crippen LogP) is 5.74. The van der Waals surface area contributed by atoms with Crippen molar-refractivity contribution in [3.8, 4) is 0 Å². The first-order valence-electron chi connectivity index (χ1n) is 8.01. The van der Waals surface area contributed by atoms with Gasteiger partial charge in [0.15, 0.2) is 0 Å². The first-order valence-corrected chi connectivity index (χ1v) is 8.01. The maximum absolute atomic E-state index is 13.6. The van der Waals surface area contributed by atoms with Crippen molar-refractivity contribution in [1.29, 1.82) is 0 Å². The fourth-order valence-electron chi connectivity index (χ4n) is 2.74. The predicted molar refractivity (Wildman–Crippen MR) is 93.0 cm³/mol. The second-order valence-corrected chi connectivity index (χ2v) is 6.09. The maximum Gasteiger partial charge on any atom is 0.419 e. The zero-order chi connectivity index (χ0) is 18.7. The van der Waals surface area contributed by atoms with E-state index in [-0.39, 0.29) is 0 Å². The number of benzene rings is 2. The van der Waals surface area contributed by atoms with E-state index < -0.39 is 17.6 Å². The number of fused-ring (bicyclic) bond motifs is 1. The fraction of sp³-hybridized carbons (Fsp3) is 0.200. The lowest BCUT2D eigenvalue weighted by molar-refractivity contribution is -0.140. The standard InChI is InChI=1S/C20H17F4NO/c1-25(12-15-13-26-19-7-3-2-6-16(15)19)10-4-5-14-8-9-17(18(21)11-14)20(22,23)24/h2-9,11,13H,10,12H2,1H3/b5-4+. The molecule has 26 heavy (non-hydrogen) atoms. The number of nitrogens with zero attached hydrogens (tertiary/aromatic N) is 1. The number of alkyl halides is 3. The van der Waals surface area contributed by atoms with Crippen LogP contribution >= 0.6 is 0 Å². The van der Waals surface area contributed by atoms with Crippen LogP contribution in [0.3, 0.4) is 0 Å². The lowest BCUT2D eigenvalue weighted by Crippen LogP contribution is -2.17. The SMILES string of the molecule is CN(C/C=C/c1ccc(C(F)(F)F)c(F)c1)Cc1coc2ccccc12. The van der Waals surface area contributed by atoms with Crippen molar-refractivity contribution in [3.63, 3.8) is 0 Å². The van der Waals surface area contributed by atoms with Crippen LogP contribution < -0.4 is 0 Å². The summed E-state index contributed by atoms with van der Waals surface area (Å²) in [5, 5.41) is 1.05. The molecule has 0 bridgehead atoms. The topological polar surface area (TPSA) is 16.4 Å². The number of hydrogen-bond donors (Lipinski definition) is 0. The number of halogens is 4. The molecule has 3 aromatic rings. The van der Waals surface area contributed by atoms with E-state index in [1.165, 1.54) is 6.07 Å². The van der Waals surface area contributed by atoms with Crippen molar-refractivity contribution in [2.75, 3.05) is 13.6 Å². The minimum atomic E-state index is -4.68. The molecule has 0 saturated carbocycles. The maximum atomic E-state index is 13.6. The second-order valence-electron chi connectivity index (χ2n) is 6.09. The van der Waals surface area contributed by atoms with E-state index in [1.807, 2.05) is 36.2 Å². The Bertz CT molecular complexity index is 927. The molecular formula is C20H17F4NO. The molecule has 6 heteroatoms. The monoisotopic (exact) mass is 363 g/mol. The summed E-state index contributed by atoms with van der Waals surface area (Å²) in [6, 6.07) is 10.7. The Morgan fingerprint density at radius 3 is 2.62 bits per heavy atom. The molecule has 2 aromatic carbocycles. The van der Waals surface area contributed by atoms with E-state index in [4.69, 9.17) is 4.42 Å². The second kappa shape index (κ2) is 7.33. The molecule has 0 fully saturated rings. The van der Waals surface area contributed by atoms with Gasteiger partial charge in [-0.25, -0.2) is 4.39 Å². The molecule has 1 aromatic heterocycles. The van der Waals surface area contributed by atoms with E-state index in [1.54, 1.807) is 18.4 Å². The molecule has 136 valence electrons. The van der Waals surface area contributed by atoms with Crippen LogP contribution in [-0.4, -0.2) is 18.5 Å². The summed E-state index contributed by atoms with van der Waals surface area (Å²) in [5.74, 6) is -1.27. The Labute approximate surface area is 148 Å². The van der Waals surface area contributed by atoms with Crippen molar-refractivity contribution >= 4 is 17.0 Å². The van der Waals surface area contributed by atoms with Gasteiger partial charge in [-0.05, 0) is 30.8 Å². The minimum absolute atomic E-state index is 0.387. The number of rotatable bonds is 5. The zero-order valence-electron chi connectivity index (χ0n) is 14.1. The number of hydrogen-bond acceptors (Lipinski definition) is 2. The number of likely N-dealkylation sites (N-methyl/N-ethyl adjacent to an activating group) is 1. The third-order valence-electron chi connectivity index (χ3n) is 4.03. The molecule has 0 amide bonds. The van der Waals surface area contributed by atoms with Gasteiger partial charge in [0, 0.05) is 24.0 Å². The van der Waals surface area contributed by atoms with Crippen LogP contribution in [0.4, 0.5) is 17.6 Å². The molecule has 0 unspecified atom stereocenters. The third-order valence-corrected chi connectivity index (χ3v) is 4.03. The quantitative estimate of drug-likeness (QED) is 0.538. The Balaban J connectivity index is 1.62. The Morgan fingerprint density at radius 2 is 1.88 bits per heavy atom. The molecule has 0 N–H and O–H groups in total. The van der Waals surface area contributed by atoms with Crippen LogP contribution in [0.5, 0.6) is 0 Å². The van der Waals surface area contributed by atoms with Gasteiger partial charge in [0.1, 0.15) is 11.4 Å². The van der Waals surface area contributed by atoms with Gasteiger partial charge in [-0.2, -0.15) is 13.2 Å². The molecule has 0 radical (unpaired) electrons. The van der Waals surface area contributed by atoms with E-state index in [9.17, 15) is 17.6 Å². The highest BCUT2D eigenvalue weighted by Gasteiger charge is 2.33. The van der Waals surface area contributed by atoms with Crippen LogP contribution in [-0.2, 0) is 12.7 Å². The average molecular weight is 363 g/mol. The van der Waals surface area contributed by atoms with Crippen LogP contribution in [0.2, 0.25) is 0 Å². The van der Waals surface area contributed by atoms with Crippen molar-refractivity contribution < 1.29 is 22.0 Å². The lowest BCUT2D eigenvalue weighted by atomic mass is 10.1. The first kappa shape index (κ1) is 18.2. The van der Waals surface area contributed by atoms with E-state index in [2.05, 4.69) is 0 Å². The van der Waals surface area contributed by atoms with Gasteiger partial charge in [-0.3, -0.25) is 4.90 Å². The van der Waals surface area contributed by atoms with Crippen molar-refractivity contribution in [3.05, 3.63) is 77.3 Å². The zero-order valence-corrected chi connectivity index (χ0v) is 14.1. The van der Waals surface area contributed by atoms with Gasteiger partial charge in [0.2, 0.25) is 0 Å². The molecule has 0 aliphatic carbocycles. The molecule has 1 heterocycles. The van der Waals surface area contributed by atoms with Gasteiger partial charge in [0.25, 0.3) is 0 Å². The Kier molecular flexibility index (Phi) is 5.13. The Hall–Kier alpha value is -2.60. The fourth-order valence-corrected chi connectivity index (χ4v) is 2.74. The summed E-state index contributed by atoms with van der Waals surface area (Å²) >= 11 is 0. The first-order chi connectivity index (χ1) is 12.3. The molecule has 2 nitrogen and oxygen atoms in total. The summed E-state index contributed by atoms with van der Waals surface area (Å²) in [5.41, 5.74) is 1.01. The van der Waals surface area contributed by atoms with Crippen molar-refractivity contribution in [1.82, 2.24) is 4.90 Å². The highest BCUT2D eigenvalue weighted by atomic mass is 19.4. The smallest absolute Gasteiger partial charge is 0.419 e. The lowest BCUT2D eigenvalue weighted by Gasteiger charge is -2.13. The van der Waals surface area contributed by atoms with Gasteiger partial charge in [0.05, 0.1) is 11.8 Å². The third kappa shape index (κ3) is 4.14. The summed E-state index contributed by atoms with van der Waals surface area (Å²) in [6.45, 7) is 1.21. The van der Waals surface area contributed by atoms with Crippen LogP contribution in [0.1, 0.15) is 16.7 Å². The summed E-state index contributed by atoms with van der Waals surface area (Å²) in [7, 11) is 1.92. The molecule has 0 aliphatic rings. The number of para-hydroxylation sites is 1. The number of furan rings is 1. The molecule has 0 spiro atoms. The van der Waals surface area contributed by atoms with Crippen molar-refractivity contribution in [2.45, 2.75) is 12.7 Å². The van der Waals surface area contributed by atoms with Gasteiger partial charge in [-0.1, -0.05) is 36.4 Å². The largest absolute Gasteiger partial charge is 0.464 e. The van der Waals surface area contributed by atoms with Gasteiger partial charge >= 0.3 is 6.18 Å². The van der Waals surface area contributed by atoms with Crippen LogP contribution in [0.25, 0.3) is 17.0 Å². The van der Waals surface area contributed by atoms with Crippen molar-refractivity contribution in [2.24, 2.45) is 0 Å². The average Bonchev–Trinajstić information content (AvgIpc) is 2.97. The molecule has 0 aliphatic heterocycles. The van der Waals surface area contributed by atoms with Gasteiger partial charge in [-0.15, -0.1) is 0 Å². The summed E-state index contributed by atoms with van der Waals surface area (Å²) in [6.07, 6.45) is 0.424. The van der Waals surface area contributed by atoms with Gasteiger partial charge < -0.3 is 4.42 Å². The highest BCUT2D eigenvalue weighted by molar-refractivity contribution is 5.80. The summed E-state index contributed by atoms with van der Waals surface area (Å²) < 4.78 is 56.7. The molecule has 0 atom stereocenters. The van der Waals surface area contributed by atoms with E-state index >= 15 is 0 Å². The minimum Gasteiger partial charge on any atom is -0.464 e. The van der Waals surface area contributed by atoms with Crippen LogP contribution in [0.15, 0.2) is 59.2 Å². The molecule has 3 rings (SSSR count).